The van der Waals surface area contributed by atoms with E-state index < -0.39 is 0 Å². The molecule has 0 bridgehead atoms. The van der Waals surface area contributed by atoms with E-state index in [2.05, 4.69) is 28.9 Å². The molecule has 0 radical (unpaired) electrons. The number of aryl methyl sites for hydroxylation is 1. The number of benzene rings is 1. The van der Waals surface area contributed by atoms with E-state index in [4.69, 9.17) is 9.47 Å². The van der Waals surface area contributed by atoms with Crippen LogP contribution in [0.5, 0.6) is 0 Å². The lowest BCUT2D eigenvalue weighted by molar-refractivity contribution is 0.0600. The zero-order chi connectivity index (χ0) is 21.8. The summed E-state index contributed by atoms with van der Waals surface area (Å²) in [6.45, 7) is 6.87. The van der Waals surface area contributed by atoms with Gasteiger partial charge in [0.1, 0.15) is 0 Å². The molecule has 0 saturated heterocycles. The third-order valence-electron chi connectivity index (χ3n) is 6.69. The molecule has 1 saturated carbocycles. The van der Waals surface area contributed by atoms with Crippen LogP contribution in [0.15, 0.2) is 12.3 Å². The average molecular weight is 417 g/mol. The Morgan fingerprint density at radius 1 is 1.23 bits per heavy atom. The number of nitrogens with zero attached hydrogens (tertiary/aromatic N) is 4. The summed E-state index contributed by atoms with van der Waals surface area (Å²) in [4.78, 5) is 17.4. The number of aromatic nitrogens is 2. The SMILES string of the molecule is CCN(c1c(C)c(C(=O)OC)cc2c1cnn2C)C1CCC(N(C)CCOC)CC1. The number of hydrogen-bond donors (Lipinski definition) is 0. The van der Waals surface area contributed by atoms with Gasteiger partial charge < -0.3 is 19.3 Å². The maximum Gasteiger partial charge on any atom is 0.338 e. The van der Waals surface area contributed by atoms with E-state index in [1.54, 1.807) is 7.11 Å². The maximum absolute atomic E-state index is 12.5. The van der Waals surface area contributed by atoms with Crippen molar-refractivity contribution in [3.63, 3.8) is 0 Å². The van der Waals surface area contributed by atoms with E-state index in [9.17, 15) is 4.79 Å². The monoisotopic (exact) mass is 416 g/mol. The fraction of sp³-hybridized carbons (Fsp3) is 0.652. The Hall–Kier alpha value is -2.12. The standard InChI is InChI=1S/C23H36N4O3/c1-7-27(18-10-8-17(9-11-18)25(3)12-13-29-5)22-16(2)19(23(28)30-6)14-21-20(22)15-24-26(21)4/h14-15,17-18H,7-13H2,1-6H3. The average Bonchev–Trinajstić information content (AvgIpc) is 3.13. The summed E-state index contributed by atoms with van der Waals surface area (Å²) < 4.78 is 12.1. The van der Waals surface area contributed by atoms with Crippen molar-refractivity contribution >= 4 is 22.6 Å². The lowest BCUT2D eigenvalue weighted by Gasteiger charge is -2.41. The summed E-state index contributed by atoms with van der Waals surface area (Å²) in [6.07, 6.45) is 6.55. The highest BCUT2D eigenvalue weighted by atomic mass is 16.5. The van der Waals surface area contributed by atoms with Crippen LogP contribution in [0.3, 0.4) is 0 Å². The normalized spacial score (nSPS) is 19.4. The second-order valence-electron chi connectivity index (χ2n) is 8.31. The van der Waals surface area contributed by atoms with Gasteiger partial charge in [-0.1, -0.05) is 0 Å². The highest BCUT2D eigenvalue weighted by Crippen LogP contribution is 2.37. The Morgan fingerprint density at radius 3 is 2.50 bits per heavy atom. The van der Waals surface area contributed by atoms with Gasteiger partial charge in [-0.05, 0) is 58.2 Å². The molecule has 0 spiro atoms. The minimum Gasteiger partial charge on any atom is -0.465 e. The molecular weight excluding hydrogens is 380 g/mol. The molecule has 1 aliphatic rings. The number of carbonyl (C=O) groups excluding carboxylic acids is 1. The van der Waals surface area contributed by atoms with Crippen LogP contribution in [-0.4, -0.2) is 73.7 Å². The fourth-order valence-corrected chi connectivity index (χ4v) is 4.89. The zero-order valence-electron chi connectivity index (χ0n) is 19.3. The first-order valence-electron chi connectivity index (χ1n) is 10.9. The number of anilines is 1. The predicted molar refractivity (Wildman–Crippen MR) is 120 cm³/mol. The number of likely N-dealkylation sites (N-methyl/N-ethyl adjacent to an activating group) is 1. The largest absolute Gasteiger partial charge is 0.465 e. The van der Waals surface area contributed by atoms with Crippen molar-refractivity contribution in [2.45, 2.75) is 51.6 Å². The van der Waals surface area contributed by atoms with Gasteiger partial charge in [0.25, 0.3) is 0 Å². The van der Waals surface area contributed by atoms with Gasteiger partial charge in [-0.15, -0.1) is 0 Å². The van der Waals surface area contributed by atoms with Crippen molar-refractivity contribution in [2.24, 2.45) is 7.05 Å². The van der Waals surface area contributed by atoms with Gasteiger partial charge in [0, 0.05) is 44.7 Å². The Morgan fingerprint density at radius 2 is 1.90 bits per heavy atom. The van der Waals surface area contributed by atoms with Crippen molar-refractivity contribution in [1.82, 2.24) is 14.7 Å². The minimum absolute atomic E-state index is 0.295. The third-order valence-corrected chi connectivity index (χ3v) is 6.69. The highest BCUT2D eigenvalue weighted by Gasteiger charge is 2.30. The van der Waals surface area contributed by atoms with Crippen LogP contribution in [0, 0.1) is 6.92 Å². The molecule has 0 atom stereocenters. The van der Waals surface area contributed by atoms with E-state index in [0.717, 1.165) is 54.7 Å². The molecule has 3 rings (SSSR count). The number of hydrogen-bond acceptors (Lipinski definition) is 6. The molecule has 30 heavy (non-hydrogen) atoms. The smallest absolute Gasteiger partial charge is 0.338 e. The first-order valence-corrected chi connectivity index (χ1v) is 10.9. The van der Waals surface area contributed by atoms with Crippen LogP contribution in [0.1, 0.15) is 48.5 Å². The van der Waals surface area contributed by atoms with Gasteiger partial charge in [-0.3, -0.25) is 4.68 Å². The molecule has 0 amide bonds. The summed E-state index contributed by atoms with van der Waals surface area (Å²) in [5, 5.41) is 5.57. The number of ether oxygens (including phenoxy) is 2. The molecule has 1 aromatic carbocycles. The second kappa shape index (κ2) is 9.79. The molecule has 7 heteroatoms. The lowest BCUT2D eigenvalue weighted by Crippen LogP contribution is -2.44. The molecule has 2 aromatic rings. The zero-order valence-corrected chi connectivity index (χ0v) is 19.3. The number of fused-ring (bicyclic) bond motifs is 1. The third kappa shape index (κ3) is 4.32. The van der Waals surface area contributed by atoms with Crippen LogP contribution in [0.25, 0.3) is 10.9 Å². The molecule has 0 aliphatic heterocycles. The number of carbonyl (C=O) groups is 1. The van der Waals surface area contributed by atoms with Gasteiger partial charge in [-0.2, -0.15) is 5.10 Å². The number of rotatable bonds is 8. The first-order chi connectivity index (χ1) is 14.4. The van der Waals surface area contributed by atoms with Crippen molar-refractivity contribution in [3.8, 4) is 0 Å². The molecule has 1 heterocycles. The van der Waals surface area contributed by atoms with Crippen molar-refractivity contribution in [1.29, 1.82) is 0 Å². The van der Waals surface area contributed by atoms with E-state index in [1.165, 1.54) is 20.0 Å². The topological polar surface area (TPSA) is 59.8 Å². The Kier molecular flexibility index (Phi) is 7.36. The van der Waals surface area contributed by atoms with Gasteiger partial charge in [0.15, 0.2) is 0 Å². The number of esters is 1. The maximum atomic E-state index is 12.5. The van der Waals surface area contributed by atoms with Crippen LogP contribution in [0.2, 0.25) is 0 Å². The number of methoxy groups -OCH3 is 2. The molecule has 166 valence electrons. The van der Waals surface area contributed by atoms with Crippen LogP contribution in [0.4, 0.5) is 5.69 Å². The van der Waals surface area contributed by atoms with Crippen molar-refractivity contribution in [2.75, 3.05) is 45.9 Å². The van der Waals surface area contributed by atoms with E-state index >= 15 is 0 Å². The first kappa shape index (κ1) is 22.6. The molecular formula is C23H36N4O3. The summed E-state index contributed by atoms with van der Waals surface area (Å²) in [7, 11) is 7.31. The van der Waals surface area contributed by atoms with Crippen LogP contribution >= 0.6 is 0 Å². The molecule has 1 aromatic heterocycles. The molecule has 0 unspecified atom stereocenters. The highest BCUT2D eigenvalue weighted by molar-refractivity contribution is 6.03. The Bertz CT molecular complexity index is 871. The quantitative estimate of drug-likeness (QED) is 0.615. The van der Waals surface area contributed by atoms with E-state index in [-0.39, 0.29) is 5.97 Å². The lowest BCUT2D eigenvalue weighted by atomic mass is 9.88. The van der Waals surface area contributed by atoms with Crippen molar-refractivity contribution in [3.05, 3.63) is 23.4 Å². The molecule has 1 fully saturated rings. The Balaban J connectivity index is 1.90. The van der Waals surface area contributed by atoms with Gasteiger partial charge in [0.2, 0.25) is 0 Å². The van der Waals surface area contributed by atoms with Crippen LogP contribution in [-0.2, 0) is 16.5 Å². The molecule has 1 aliphatic carbocycles. The minimum atomic E-state index is -0.295. The molecule has 0 N–H and O–H groups in total. The summed E-state index contributed by atoms with van der Waals surface area (Å²) in [5.41, 5.74) is 3.68. The molecule has 7 nitrogen and oxygen atoms in total. The van der Waals surface area contributed by atoms with Crippen LogP contribution < -0.4 is 4.90 Å². The fourth-order valence-electron chi connectivity index (χ4n) is 4.89. The summed E-state index contributed by atoms with van der Waals surface area (Å²) in [6, 6.07) is 2.97. The van der Waals surface area contributed by atoms with Gasteiger partial charge in [0.05, 0.1) is 36.7 Å². The second-order valence-corrected chi connectivity index (χ2v) is 8.31. The van der Waals surface area contributed by atoms with Gasteiger partial charge in [-0.25, -0.2) is 4.79 Å². The summed E-state index contributed by atoms with van der Waals surface area (Å²) in [5.74, 6) is -0.295. The Labute approximate surface area is 179 Å². The predicted octanol–water partition coefficient (Wildman–Crippen LogP) is 3.38. The van der Waals surface area contributed by atoms with Crippen molar-refractivity contribution < 1.29 is 14.3 Å². The van der Waals surface area contributed by atoms with E-state index in [1.807, 2.05) is 30.9 Å². The van der Waals surface area contributed by atoms with E-state index in [0.29, 0.717) is 17.6 Å². The van der Waals surface area contributed by atoms with Gasteiger partial charge >= 0.3 is 5.97 Å². The summed E-state index contributed by atoms with van der Waals surface area (Å²) >= 11 is 0.